The first-order valence-electron chi connectivity index (χ1n) is 7.68. The molecule has 0 saturated carbocycles. The van der Waals surface area contributed by atoms with E-state index >= 15 is 0 Å². The second kappa shape index (κ2) is 5.93. The summed E-state index contributed by atoms with van der Waals surface area (Å²) in [5.74, 6) is -0.792. The Morgan fingerprint density at radius 3 is 2.55 bits per heavy atom. The zero-order chi connectivity index (χ0) is 15.7. The van der Waals surface area contributed by atoms with Gasteiger partial charge in [-0.25, -0.2) is 0 Å². The van der Waals surface area contributed by atoms with Gasteiger partial charge < -0.3 is 10.4 Å². The van der Waals surface area contributed by atoms with Crippen molar-refractivity contribution in [1.29, 1.82) is 0 Å². The number of aliphatic carboxylic acids is 1. The second-order valence-electron chi connectivity index (χ2n) is 6.08. The zero-order valence-corrected chi connectivity index (χ0v) is 13.0. The third-order valence-electron chi connectivity index (χ3n) is 4.48. The average Bonchev–Trinajstić information content (AvgIpc) is 2.48. The third-order valence-corrected chi connectivity index (χ3v) is 4.48. The summed E-state index contributed by atoms with van der Waals surface area (Å²) >= 11 is 0. The topological polar surface area (TPSA) is 49.3 Å². The Morgan fingerprint density at radius 1 is 1.18 bits per heavy atom. The van der Waals surface area contributed by atoms with Crippen molar-refractivity contribution in [3.05, 3.63) is 69.8 Å². The summed E-state index contributed by atoms with van der Waals surface area (Å²) in [6.45, 7) is 5.28. The second-order valence-corrected chi connectivity index (χ2v) is 6.08. The molecule has 22 heavy (non-hydrogen) atoms. The van der Waals surface area contributed by atoms with Gasteiger partial charge in [-0.05, 0) is 53.6 Å². The van der Waals surface area contributed by atoms with E-state index in [1.807, 2.05) is 24.3 Å². The number of rotatable bonds is 3. The Kier molecular flexibility index (Phi) is 3.99. The number of hydrogen-bond acceptors (Lipinski definition) is 2. The molecule has 0 aliphatic carbocycles. The van der Waals surface area contributed by atoms with Crippen molar-refractivity contribution in [2.24, 2.45) is 0 Å². The Balaban J connectivity index is 1.93. The minimum Gasteiger partial charge on any atom is -0.481 e. The van der Waals surface area contributed by atoms with E-state index in [1.165, 1.54) is 27.8 Å². The molecular weight excluding hydrogens is 274 g/mol. The highest BCUT2D eigenvalue weighted by Crippen LogP contribution is 2.30. The summed E-state index contributed by atoms with van der Waals surface area (Å²) < 4.78 is 0. The van der Waals surface area contributed by atoms with Crippen LogP contribution in [0.2, 0.25) is 0 Å². The molecule has 1 aliphatic heterocycles. The first-order chi connectivity index (χ1) is 10.5. The Bertz CT molecular complexity index is 704. The largest absolute Gasteiger partial charge is 0.481 e. The highest BCUT2D eigenvalue weighted by molar-refractivity contribution is 5.70. The predicted octanol–water partition coefficient (Wildman–Crippen LogP) is 3.17. The van der Waals surface area contributed by atoms with Gasteiger partial charge in [-0.3, -0.25) is 4.79 Å². The van der Waals surface area contributed by atoms with E-state index in [2.05, 4.69) is 31.3 Å². The molecule has 0 amide bonds. The number of hydrogen-bond donors (Lipinski definition) is 2. The van der Waals surface area contributed by atoms with Crippen LogP contribution in [0.3, 0.4) is 0 Å². The zero-order valence-electron chi connectivity index (χ0n) is 13.0. The fourth-order valence-corrected chi connectivity index (χ4v) is 3.14. The number of aryl methyl sites for hydroxylation is 2. The van der Waals surface area contributed by atoms with Crippen molar-refractivity contribution in [3.8, 4) is 0 Å². The van der Waals surface area contributed by atoms with Crippen molar-refractivity contribution in [3.63, 3.8) is 0 Å². The van der Waals surface area contributed by atoms with Crippen LogP contribution in [0.1, 0.15) is 39.4 Å². The summed E-state index contributed by atoms with van der Waals surface area (Å²) in [4.78, 5) is 10.8. The molecule has 3 heteroatoms. The number of carboxylic acids is 1. The molecule has 0 radical (unpaired) electrons. The summed E-state index contributed by atoms with van der Waals surface area (Å²) in [6.07, 6.45) is 1.14. The Morgan fingerprint density at radius 2 is 1.86 bits per heavy atom. The van der Waals surface area contributed by atoms with Gasteiger partial charge in [-0.1, -0.05) is 36.4 Å². The lowest BCUT2D eigenvalue weighted by atomic mass is 9.87. The number of carbonyl (C=O) groups is 1. The fourth-order valence-electron chi connectivity index (χ4n) is 3.14. The molecule has 2 N–H and O–H groups in total. The molecule has 0 spiro atoms. The molecule has 1 aliphatic rings. The van der Waals surface area contributed by atoms with E-state index in [0.29, 0.717) is 0 Å². The minimum atomic E-state index is -0.792. The molecule has 114 valence electrons. The van der Waals surface area contributed by atoms with Gasteiger partial charge in [0.2, 0.25) is 0 Å². The summed E-state index contributed by atoms with van der Waals surface area (Å²) in [6, 6.07) is 12.7. The molecule has 1 unspecified atom stereocenters. The van der Waals surface area contributed by atoms with Gasteiger partial charge >= 0.3 is 5.97 Å². The van der Waals surface area contributed by atoms with E-state index in [9.17, 15) is 4.79 Å². The molecule has 3 rings (SSSR count). The van der Waals surface area contributed by atoms with E-state index in [4.69, 9.17) is 5.11 Å². The molecule has 0 aromatic heterocycles. The maximum atomic E-state index is 10.8. The predicted molar refractivity (Wildman–Crippen MR) is 87.2 cm³/mol. The number of carboxylic acid groups (broad SMARTS) is 1. The van der Waals surface area contributed by atoms with Crippen molar-refractivity contribution >= 4 is 5.97 Å². The van der Waals surface area contributed by atoms with Crippen molar-refractivity contribution in [2.75, 3.05) is 6.54 Å². The van der Waals surface area contributed by atoms with Gasteiger partial charge in [-0.15, -0.1) is 0 Å². The van der Waals surface area contributed by atoms with Crippen LogP contribution in [0.25, 0.3) is 0 Å². The normalized spacial score (nSPS) is 17.1. The van der Waals surface area contributed by atoms with Gasteiger partial charge in [0.25, 0.3) is 0 Å². The molecule has 2 aromatic rings. The van der Waals surface area contributed by atoms with Crippen LogP contribution < -0.4 is 5.32 Å². The van der Waals surface area contributed by atoms with Crippen molar-refractivity contribution in [1.82, 2.24) is 5.32 Å². The smallest absolute Gasteiger partial charge is 0.307 e. The van der Waals surface area contributed by atoms with Gasteiger partial charge in [0.15, 0.2) is 0 Å². The van der Waals surface area contributed by atoms with E-state index < -0.39 is 5.97 Å². The minimum absolute atomic E-state index is 0.0767. The molecule has 2 aromatic carbocycles. The van der Waals surface area contributed by atoms with Crippen molar-refractivity contribution in [2.45, 2.75) is 32.7 Å². The third kappa shape index (κ3) is 2.90. The lowest BCUT2D eigenvalue weighted by Gasteiger charge is -2.28. The van der Waals surface area contributed by atoms with Crippen LogP contribution in [0.15, 0.2) is 36.4 Å². The van der Waals surface area contributed by atoms with E-state index in [0.717, 1.165) is 18.5 Å². The molecule has 0 fully saturated rings. The maximum Gasteiger partial charge on any atom is 0.307 e. The number of fused-ring (bicyclic) bond motifs is 1. The summed E-state index contributed by atoms with van der Waals surface area (Å²) in [5, 5.41) is 12.4. The fraction of sp³-hybridized carbons (Fsp3) is 0.316. The maximum absolute atomic E-state index is 10.8. The Hall–Kier alpha value is -2.13. The lowest BCUT2D eigenvalue weighted by Crippen LogP contribution is -2.30. The van der Waals surface area contributed by atoms with Crippen LogP contribution in [-0.2, 0) is 17.6 Å². The molecule has 0 bridgehead atoms. The number of nitrogens with one attached hydrogen (secondary N) is 1. The molecule has 0 saturated heterocycles. The highest BCUT2D eigenvalue weighted by Gasteiger charge is 2.21. The van der Waals surface area contributed by atoms with Gasteiger partial charge in [0.1, 0.15) is 0 Å². The summed E-state index contributed by atoms with van der Waals surface area (Å²) in [5.41, 5.74) is 7.46. The van der Waals surface area contributed by atoms with Crippen molar-refractivity contribution < 1.29 is 9.90 Å². The average molecular weight is 295 g/mol. The first-order valence-corrected chi connectivity index (χ1v) is 7.68. The lowest BCUT2D eigenvalue weighted by molar-refractivity contribution is -0.136. The number of benzene rings is 2. The van der Waals surface area contributed by atoms with Crippen LogP contribution in [-0.4, -0.2) is 17.6 Å². The Labute approximate surface area is 131 Å². The van der Waals surface area contributed by atoms with Crippen LogP contribution >= 0.6 is 0 Å². The SMILES string of the molecule is Cc1cc2c(cc1C)C(c1ccc(CC(=O)O)cc1)NCC2. The molecule has 3 nitrogen and oxygen atoms in total. The van der Waals surface area contributed by atoms with Crippen LogP contribution in [0.5, 0.6) is 0 Å². The quantitative estimate of drug-likeness (QED) is 0.914. The standard InChI is InChI=1S/C19H21NO2/c1-12-9-16-7-8-20-19(17(16)10-13(12)2)15-5-3-14(4-6-15)11-18(21)22/h3-6,9-10,19-20H,7-8,11H2,1-2H3,(H,21,22). The van der Waals surface area contributed by atoms with Crippen LogP contribution in [0.4, 0.5) is 0 Å². The van der Waals surface area contributed by atoms with Gasteiger partial charge in [0.05, 0.1) is 12.5 Å². The van der Waals surface area contributed by atoms with E-state index in [-0.39, 0.29) is 12.5 Å². The monoisotopic (exact) mass is 295 g/mol. The molecular formula is C19H21NO2. The van der Waals surface area contributed by atoms with E-state index in [1.54, 1.807) is 0 Å². The highest BCUT2D eigenvalue weighted by atomic mass is 16.4. The van der Waals surface area contributed by atoms with Gasteiger partial charge in [-0.2, -0.15) is 0 Å². The van der Waals surface area contributed by atoms with Crippen LogP contribution in [0, 0.1) is 13.8 Å². The summed E-state index contributed by atoms with van der Waals surface area (Å²) in [7, 11) is 0. The molecule has 1 atom stereocenters. The molecule has 1 heterocycles. The van der Waals surface area contributed by atoms with Gasteiger partial charge in [0, 0.05) is 6.54 Å². The first kappa shape index (κ1) is 14.8.